The third kappa shape index (κ3) is 17.6. The maximum Gasteiger partial charge on any atom is 0.343 e. The molecule has 0 aromatic heterocycles. The van der Waals surface area contributed by atoms with Crippen molar-refractivity contribution < 1.29 is 42.9 Å². The van der Waals surface area contributed by atoms with Crippen LogP contribution in [0.4, 0.5) is 0 Å². The topological polar surface area (TPSA) is 122 Å². The number of esters is 4. The first-order valence-electron chi connectivity index (χ1n) is 17.9. The van der Waals surface area contributed by atoms with Crippen LogP contribution in [0.2, 0.25) is 0 Å². The molecular weight excluding hydrogens is 660 g/mol. The van der Waals surface area contributed by atoms with Gasteiger partial charge in [0.2, 0.25) is 0 Å². The summed E-state index contributed by atoms with van der Waals surface area (Å²) in [6.45, 7) is 8.05. The molecule has 0 saturated heterocycles. The molecule has 3 aromatic carbocycles. The minimum Gasteiger partial charge on any atom is -0.466 e. The van der Waals surface area contributed by atoms with Crippen molar-refractivity contribution in [3.05, 3.63) is 119 Å². The van der Waals surface area contributed by atoms with Gasteiger partial charge in [-0.05, 0) is 73.7 Å². The Labute approximate surface area is 308 Å². The Balaban J connectivity index is 0.000000901. The predicted octanol–water partition coefficient (Wildman–Crippen LogP) is 9.33. The first-order valence-corrected chi connectivity index (χ1v) is 17.9. The zero-order valence-electron chi connectivity index (χ0n) is 30.7. The number of aryl methyl sites for hydroxylation is 1. The molecule has 0 aliphatic carbocycles. The molecule has 0 aliphatic rings. The minimum atomic E-state index is -0.657. The van der Waals surface area contributed by atoms with Crippen LogP contribution in [0, 0.1) is 0 Å². The Hall–Kier alpha value is -5.31. The van der Waals surface area contributed by atoms with Crippen molar-refractivity contribution in [2.45, 2.75) is 84.5 Å². The van der Waals surface area contributed by atoms with Crippen molar-refractivity contribution in [2.75, 3.05) is 20.3 Å². The summed E-state index contributed by atoms with van der Waals surface area (Å²) < 4.78 is 20.4. The van der Waals surface area contributed by atoms with E-state index in [1.807, 2.05) is 0 Å². The summed E-state index contributed by atoms with van der Waals surface area (Å²) >= 11 is 0. The van der Waals surface area contributed by atoms with E-state index in [1.54, 1.807) is 37.3 Å². The van der Waals surface area contributed by atoms with Crippen molar-refractivity contribution in [1.29, 1.82) is 0 Å². The Morgan fingerprint density at radius 2 is 1.33 bits per heavy atom. The van der Waals surface area contributed by atoms with Gasteiger partial charge in [0.1, 0.15) is 5.75 Å². The summed E-state index contributed by atoms with van der Waals surface area (Å²) in [6.07, 6.45) is 14.8. The smallest absolute Gasteiger partial charge is 0.343 e. The number of hydrogen-bond donors (Lipinski definition) is 0. The fourth-order valence-corrected chi connectivity index (χ4v) is 4.91. The van der Waals surface area contributed by atoms with E-state index in [-0.39, 0.29) is 35.0 Å². The normalized spacial score (nSPS) is 10.4. The van der Waals surface area contributed by atoms with Crippen LogP contribution >= 0.6 is 0 Å². The second-order valence-electron chi connectivity index (χ2n) is 12.2. The first kappa shape index (κ1) is 42.9. The van der Waals surface area contributed by atoms with Gasteiger partial charge in [0.15, 0.2) is 6.29 Å². The molecule has 0 amide bonds. The zero-order chi connectivity index (χ0) is 38.0. The van der Waals surface area contributed by atoms with Gasteiger partial charge in [-0.25, -0.2) is 19.2 Å². The molecule has 0 heterocycles. The number of carbonyl (C=O) groups is 5. The van der Waals surface area contributed by atoms with Crippen LogP contribution in [-0.2, 0) is 30.2 Å². The molecule has 0 radical (unpaired) electrons. The van der Waals surface area contributed by atoms with Gasteiger partial charge in [0.05, 0.1) is 31.5 Å². The predicted molar refractivity (Wildman–Crippen MR) is 202 cm³/mol. The Morgan fingerprint density at radius 3 is 1.88 bits per heavy atom. The van der Waals surface area contributed by atoms with E-state index in [9.17, 15) is 24.0 Å². The molecule has 0 unspecified atom stereocenters. The fourth-order valence-electron chi connectivity index (χ4n) is 4.91. The highest BCUT2D eigenvalue weighted by atomic mass is 16.5. The Morgan fingerprint density at radius 1 is 0.731 bits per heavy atom. The highest BCUT2D eigenvalue weighted by Crippen LogP contribution is 2.20. The minimum absolute atomic E-state index is 0.0259. The van der Waals surface area contributed by atoms with Gasteiger partial charge < -0.3 is 18.9 Å². The summed E-state index contributed by atoms with van der Waals surface area (Å²) in [5, 5.41) is 0. The summed E-state index contributed by atoms with van der Waals surface area (Å²) in [5.41, 5.74) is 2.98. The molecule has 52 heavy (non-hydrogen) atoms. The van der Waals surface area contributed by atoms with Crippen molar-refractivity contribution in [1.82, 2.24) is 0 Å². The number of hydrogen-bond acceptors (Lipinski definition) is 9. The van der Waals surface area contributed by atoms with Crippen LogP contribution in [0.5, 0.6) is 5.75 Å². The molecule has 0 N–H and O–H groups in total. The van der Waals surface area contributed by atoms with E-state index in [0.717, 1.165) is 51.4 Å². The lowest BCUT2D eigenvalue weighted by Crippen LogP contribution is -2.12. The highest BCUT2D eigenvalue weighted by molar-refractivity contribution is 5.99. The Bertz CT molecular complexity index is 1590. The van der Waals surface area contributed by atoms with E-state index >= 15 is 0 Å². The molecule has 0 aliphatic heterocycles. The lowest BCUT2D eigenvalue weighted by Gasteiger charge is -2.10. The molecule has 0 bridgehead atoms. The lowest BCUT2D eigenvalue weighted by molar-refractivity contribution is -0.139. The molecule has 0 atom stereocenters. The van der Waals surface area contributed by atoms with Gasteiger partial charge in [-0.1, -0.05) is 107 Å². The van der Waals surface area contributed by atoms with Gasteiger partial charge in [-0.2, -0.15) is 0 Å². The monoisotopic (exact) mass is 712 g/mol. The van der Waals surface area contributed by atoms with Crippen molar-refractivity contribution in [3.8, 4) is 5.75 Å². The standard InChI is InChI=1S/C34H40O9.C9H12/c1-25(2)32(37)41-21-11-9-7-5-4-6-8-10-12-22-42-34(39)30-23-29(19-18-28(30)24-35)43-33(38)27-16-13-26(14-17-27)15-20-31(36)40-3;1-2-6-9-7-4-3-5-8-9/h13-20,23-24H,1,4-12,21-22H2,2-3H3;3-5,7-8H,2,6H2,1H3. The van der Waals surface area contributed by atoms with Gasteiger partial charge in [-0.15, -0.1) is 0 Å². The molecule has 9 nitrogen and oxygen atoms in total. The van der Waals surface area contributed by atoms with Crippen LogP contribution in [-0.4, -0.2) is 50.5 Å². The fraction of sp³-hybridized carbons (Fsp3) is 0.372. The highest BCUT2D eigenvalue weighted by Gasteiger charge is 2.16. The van der Waals surface area contributed by atoms with Crippen molar-refractivity contribution >= 4 is 36.2 Å². The van der Waals surface area contributed by atoms with Crippen LogP contribution in [0.25, 0.3) is 6.08 Å². The quantitative estimate of drug-likeness (QED) is 0.0266. The van der Waals surface area contributed by atoms with Crippen LogP contribution < -0.4 is 4.74 Å². The number of benzene rings is 3. The van der Waals surface area contributed by atoms with Crippen LogP contribution in [0.3, 0.4) is 0 Å². The van der Waals surface area contributed by atoms with Crippen molar-refractivity contribution in [2.24, 2.45) is 0 Å². The lowest BCUT2D eigenvalue weighted by atomic mass is 10.1. The van der Waals surface area contributed by atoms with Gasteiger partial charge in [0, 0.05) is 17.2 Å². The largest absolute Gasteiger partial charge is 0.466 e. The maximum absolute atomic E-state index is 12.7. The van der Waals surface area contributed by atoms with E-state index in [0.29, 0.717) is 30.5 Å². The second-order valence-corrected chi connectivity index (χ2v) is 12.2. The second kappa shape index (κ2) is 25.6. The van der Waals surface area contributed by atoms with Gasteiger partial charge in [0.25, 0.3) is 0 Å². The van der Waals surface area contributed by atoms with Gasteiger partial charge in [-0.3, -0.25) is 4.79 Å². The molecular formula is C43H52O9. The number of carbonyl (C=O) groups excluding carboxylic acids is 5. The third-order valence-corrected chi connectivity index (χ3v) is 7.83. The average molecular weight is 713 g/mol. The third-order valence-electron chi connectivity index (χ3n) is 7.83. The number of rotatable bonds is 21. The summed E-state index contributed by atoms with van der Waals surface area (Å²) in [7, 11) is 1.28. The van der Waals surface area contributed by atoms with Crippen LogP contribution in [0.1, 0.15) is 120 Å². The van der Waals surface area contributed by atoms with Crippen LogP contribution in [0.15, 0.2) is 91.0 Å². The number of ether oxygens (including phenoxy) is 4. The van der Waals surface area contributed by atoms with E-state index in [1.165, 1.54) is 49.8 Å². The summed E-state index contributed by atoms with van der Waals surface area (Å²) in [5.74, 6) is -2.03. The molecule has 3 rings (SSSR count). The number of unbranched alkanes of at least 4 members (excludes halogenated alkanes) is 8. The SMILES string of the molecule is C=C(C)C(=O)OCCCCCCCCCCCOC(=O)c1cc(OC(=O)c2ccc(C=CC(=O)OC)cc2)ccc1C=O.CCCc1ccccc1. The molecule has 0 fully saturated rings. The first-order chi connectivity index (χ1) is 25.2. The van der Waals surface area contributed by atoms with E-state index in [2.05, 4.69) is 48.6 Å². The molecule has 9 heteroatoms. The Kier molecular flexibility index (Phi) is 21.1. The van der Waals surface area contributed by atoms with E-state index in [4.69, 9.17) is 14.2 Å². The maximum atomic E-state index is 12.7. The van der Waals surface area contributed by atoms with Gasteiger partial charge >= 0.3 is 23.9 Å². The van der Waals surface area contributed by atoms with E-state index < -0.39 is 17.9 Å². The molecule has 278 valence electrons. The van der Waals surface area contributed by atoms with Crippen molar-refractivity contribution in [3.63, 3.8) is 0 Å². The zero-order valence-corrected chi connectivity index (χ0v) is 30.7. The molecule has 3 aromatic rings. The molecule has 0 saturated carbocycles. The number of aldehydes is 1. The molecule has 0 spiro atoms. The average Bonchev–Trinajstić information content (AvgIpc) is 3.16. The number of methoxy groups -OCH3 is 1. The summed E-state index contributed by atoms with van der Waals surface area (Å²) in [6, 6.07) is 21.1. The summed E-state index contributed by atoms with van der Waals surface area (Å²) in [4.78, 5) is 59.3.